The van der Waals surface area contributed by atoms with Gasteiger partial charge in [-0.25, -0.2) is 0 Å². The molecule has 0 radical (unpaired) electrons. The lowest BCUT2D eigenvalue weighted by Crippen LogP contribution is -2.42. The zero-order chi connectivity index (χ0) is 18.4. The van der Waals surface area contributed by atoms with Crippen molar-refractivity contribution in [2.24, 2.45) is 0 Å². The number of halogens is 1. The van der Waals surface area contributed by atoms with Crippen LogP contribution in [0.3, 0.4) is 0 Å². The predicted octanol–water partition coefficient (Wildman–Crippen LogP) is 3.17. The average Bonchev–Trinajstić information content (AvgIpc) is 2.68. The fourth-order valence-corrected chi connectivity index (χ4v) is 2.62. The van der Waals surface area contributed by atoms with Crippen molar-refractivity contribution in [2.75, 3.05) is 0 Å². The zero-order valence-corrected chi connectivity index (χ0v) is 14.8. The number of rotatable bonds is 6. The van der Waals surface area contributed by atoms with Crippen LogP contribution in [-0.4, -0.2) is 11.7 Å². The van der Waals surface area contributed by atoms with Crippen LogP contribution in [0, 0.1) is 0 Å². The van der Waals surface area contributed by atoms with Crippen LogP contribution in [-0.2, 0) is 17.9 Å². The Morgan fingerprint density at radius 1 is 0.846 bits per heavy atom. The van der Waals surface area contributed by atoms with Gasteiger partial charge in [-0.2, -0.15) is 4.57 Å². The van der Waals surface area contributed by atoms with E-state index in [1.54, 1.807) is 53.4 Å². The number of hydrogen-bond donors (Lipinski definition) is 1. The molecular weight excluding hydrogens is 348 g/mol. The highest BCUT2D eigenvalue weighted by atomic mass is 35.5. The van der Waals surface area contributed by atoms with E-state index in [-0.39, 0.29) is 18.2 Å². The van der Waals surface area contributed by atoms with Crippen LogP contribution >= 0.6 is 11.6 Å². The largest absolute Gasteiger partial charge is 0.347 e. The summed E-state index contributed by atoms with van der Waals surface area (Å²) in [6.07, 6.45) is 3.47. The number of carbonyl (C=O) groups is 2. The number of nitrogens with zero attached hydrogens (tertiary/aromatic N) is 1. The highest BCUT2D eigenvalue weighted by Gasteiger charge is 2.13. The van der Waals surface area contributed by atoms with Gasteiger partial charge in [0.25, 0.3) is 5.91 Å². The number of carbonyl (C=O) groups excluding carboxylic acids is 2. The Bertz CT molecular complexity index is 892. The van der Waals surface area contributed by atoms with Crippen LogP contribution in [0.5, 0.6) is 0 Å². The van der Waals surface area contributed by atoms with E-state index >= 15 is 0 Å². The Kier molecular flexibility index (Phi) is 5.77. The Morgan fingerprint density at radius 2 is 1.46 bits per heavy atom. The van der Waals surface area contributed by atoms with E-state index in [2.05, 4.69) is 5.32 Å². The molecule has 2 aromatic carbocycles. The topological polar surface area (TPSA) is 50.0 Å². The maximum absolute atomic E-state index is 12.4. The summed E-state index contributed by atoms with van der Waals surface area (Å²) in [7, 11) is 0. The molecule has 1 amide bonds. The van der Waals surface area contributed by atoms with Gasteiger partial charge in [0, 0.05) is 34.8 Å². The van der Waals surface area contributed by atoms with Gasteiger partial charge in [0.05, 0.1) is 0 Å². The first kappa shape index (κ1) is 17.8. The number of hydrogen-bond acceptors (Lipinski definition) is 2. The van der Waals surface area contributed by atoms with E-state index in [9.17, 15) is 9.59 Å². The summed E-state index contributed by atoms with van der Waals surface area (Å²) in [5.41, 5.74) is 2.22. The van der Waals surface area contributed by atoms with Gasteiger partial charge in [0.1, 0.15) is 0 Å². The molecule has 0 fully saturated rings. The number of pyridine rings is 1. The summed E-state index contributed by atoms with van der Waals surface area (Å²) in [5, 5.41) is 3.53. The zero-order valence-electron chi connectivity index (χ0n) is 14.1. The quantitative estimate of drug-likeness (QED) is 0.539. The molecule has 5 heteroatoms. The van der Waals surface area contributed by atoms with Crippen LogP contribution in [0.25, 0.3) is 0 Å². The van der Waals surface area contributed by atoms with Crippen molar-refractivity contribution < 1.29 is 14.2 Å². The fourth-order valence-electron chi connectivity index (χ4n) is 2.49. The molecule has 130 valence electrons. The SMILES string of the molecule is O=C(C[n+]1ccc(C(=O)c2ccccc2)cc1)NCc1ccc(Cl)cc1. The third-order valence-corrected chi connectivity index (χ3v) is 4.17. The first-order valence-corrected chi connectivity index (χ1v) is 8.59. The van der Waals surface area contributed by atoms with E-state index in [4.69, 9.17) is 11.6 Å². The van der Waals surface area contributed by atoms with Gasteiger partial charge >= 0.3 is 0 Å². The van der Waals surface area contributed by atoms with Crippen molar-refractivity contribution in [1.82, 2.24) is 5.32 Å². The van der Waals surface area contributed by atoms with E-state index < -0.39 is 0 Å². The molecule has 0 saturated carbocycles. The van der Waals surface area contributed by atoms with E-state index in [1.807, 2.05) is 30.3 Å². The second kappa shape index (κ2) is 8.41. The van der Waals surface area contributed by atoms with Gasteiger partial charge in [-0.15, -0.1) is 0 Å². The Morgan fingerprint density at radius 3 is 2.12 bits per heavy atom. The summed E-state index contributed by atoms with van der Waals surface area (Å²) >= 11 is 5.84. The van der Waals surface area contributed by atoms with E-state index in [0.717, 1.165) is 5.56 Å². The number of nitrogens with one attached hydrogen (secondary N) is 1. The molecule has 0 spiro atoms. The second-order valence-corrected chi connectivity index (χ2v) is 6.29. The van der Waals surface area contributed by atoms with Gasteiger partial charge in [0.2, 0.25) is 6.54 Å². The molecule has 3 rings (SSSR count). The lowest BCUT2D eigenvalue weighted by molar-refractivity contribution is -0.684. The highest BCUT2D eigenvalue weighted by Crippen LogP contribution is 2.09. The Labute approximate surface area is 157 Å². The lowest BCUT2D eigenvalue weighted by atomic mass is 10.0. The fraction of sp³-hybridized carbons (Fsp3) is 0.0952. The first-order chi connectivity index (χ1) is 12.6. The first-order valence-electron chi connectivity index (χ1n) is 8.22. The van der Waals surface area contributed by atoms with Crippen LogP contribution < -0.4 is 9.88 Å². The third-order valence-electron chi connectivity index (χ3n) is 3.92. The monoisotopic (exact) mass is 365 g/mol. The minimum absolute atomic E-state index is 0.0371. The minimum atomic E-state index is -0.105. The Balaban J connectivity index is 1.56. The van der Waals surface area contributed by atoms with Crippen LogP contribution in [0.2, 0.25) is 5.02 Å². The number of benzene rings is 2. The van der Waals surface area contributed by atoms with Crippen LogP contribution in [0.4, 0.5) is 0 Å². The summed E-state index contributed by atoms with van der Waals surface area (Å²) in [6.45, 7) is 0.633. The number of aromatic nitrogens is 1. The molecule has 0 aliphatic rings. The van der Waals surface area contributed by atoms with Gasteiger partial charge < -0.3 is 5.32 Å². The molecule has 0 atom stereocenters. The standard InChI is InChI=1S/C21H17ClN2O2/c22-19-8-6-16(7-9-19)14-23-20(25)15-24-12-10-18(11-13-24)21(26)17-4-2-1-3-5-17/h1-13H,14-15H2/p+1. The number of ketones is 1. The number of amides is 1. The van der Waals surface area contributed by atoms with Crippen molar-refractivity contribution in [1.29, 1.82) is 0 Å². The van der Waals surface area contributed by atoms with Crippen LogP contribution in [0.1, 0.15) is 21.5 Å². The molecule has 0 saturated heterocycles. The lowest BCUT2D eigenvalue weighted by Gasteiger charge is -2.04. The van der Waals surface area contributed by atoms with Crippen molar-refractivity contribution in [3.05, 3.63) is 101 Å². The van der Waals surface area contributed by atoms with E-state index in [1.165, 1.54) is 0 Å². The maximum atomic E-state index is 12.4. The third kappa shape index (κ3) is 4.77. The molecule has 4 nitrogen and oxygen atoms in total. The Hall–Kier alpha value is -2.98. The molecule has 0 unspecified atom stereocenters. The maximum Gasteiger partial charge on any atom is 0.286 e. The van der Waals surface area contributed by atoms with Gasteiger partial charge in [-0.3, -0.25) is 9.59 Å². The average molecular weight is 366 g/mol. The van der Waals surface area contributed by atoms with Gasteiger partial charge in [-0.05, 0) is 17.7 Å². The van der Waals surface area contributed by atoms with Crippen molar-refractivity contribution in [3.63, 3.8) is 0 Å². The summed E-state index contributed by atoms with van der Waals surface area (Å²) < 4.78 is 1.74. The van der Waals surface area contributed by atoms with Crippen LogP contribution in [0.15, 0.2) is 79.1 Å². The summed E-state index contributed by atoms with van der Waals surface area (Å²) in [4.78, 5) is 24.4. The molecule has 1 aromatic heterocycles. The molecular formula is C21H18ClN2O2+. The van der Waals surface area contributed by atoms with Crippen molar-refractivity contribution in [2.45, 2.75) is 13.1 Å². The summed E-state index contributed by atoms with van der Waals surface area (Å²) in [5.74, 6) is -0.142. The molecule has 3 aromatic rings. The molecule has 0 aliphatic heterocycles. The highest BCUT2D eigenvalue weighted by molar-refractivity contribution is 6.30. The predicted molar refractivity (Wildman–Crippen MR) is 99.8 cm³/mol. The van der Waals surface area contributed by atoms with E-state index in [0.29, 0.717) is 22.7 Å². The molecule has 1 heterocycles. The van der Waals surface area contributed by atoms with Gasteiger partial charge in [-0.1, -0.05) is 54.1 Å². The molecule has 1 N–H and O–H groups in total. The smallest absolute Gasteiger partial charge is 0.286 e. The minimum Gasteiger partial charge on any atom is -0.347 e. The summed E-state index contributed by atoms with van der Waals surface area (Å²) in [6, 6.07) is 19.9. The second-order valence-electron chi connectivity index (χ2n) is 5.86. The normalized spacial score (nSPS) is 10.3. The van der Waals surface area contributed by atoms with Gasteiger partial charge in [0.15, 0.2) is 18.2 Å². The van der Waals surface area contributed by atoms with Crippen molar-refractivity contribution in [3.8, 4) is 0 Å². The molecule has 0 aliphatic carbocycles. The van der Waals surface area contributed by atoms with Crippen molar-refractivity contribution >= 4 is 23.3 Å². The molecule has 0 bridgehead atoms. The molecule has 26 heavy (non-hydrogen) atoms.